The molecule has 39 heteroatoms. The molecule has 0 aliphatic carbocycles. The fourth-order valence-electron chi connectivity index (χ4n) is 11.8. The van der Waals surface area contributed by atoms with Gasteiger partial charge in [0.25, 0.3) is 11.9 Å². The number of ether oxygens (including phenoxy) is 6. The predicted molar refractivity (Wildman–Crippen MR) is 491 cm³/mol. The lowest BCUT2D eigenvalue weighted by Crippen LogP contribution is -2.31. The SMILES string of the molecule is C.COc1ccc(CC(=O)O)cc1OC.COc1ccc2c(c1)CCN=C2Cc1cc(O)c(O)cc1Cl.COc1ccc2c(c1)CCNC2Cc1cc(O)c(O)cc1Cl.COc1cccc(CCN)c1.COc1cccc(CCNC(=O)Cc2cc(O)c(O)cc2Cl)c1.O=C(Cl)Cc1cc(O)c(O)cc1Cl.O=C(Cl)Cc1cc2oosoc2cc1Cl.O=S(Cl)Cl.[OH-]. The average Bonchev–Trinajstić information content (AvgIpc) is 0.806. The van der Waals surface area contributed by atoms with Gasteiger partial charge in [0.1, 0.15) is 23.0 Å². The minimum Gasteiger partial charge on any atom is -0.870 e. The summed E-state index contributed by atoms with van der Waals surface area (Å²) in [6, 6.07) is 46.5. The van der Waals surface area contributed by atoms with Crippen molar-refractivity contribution in [3.05, 3.63) is 256 Å². The number of carboxylic acids is 1. The minimum atomic E-state index is -1.67. The van der Waals surface area contributed by atoms with E-state index in [-0.39, 0.29) is 107 Å². The van der Waals surface area contributed by atoms with Gasteiger partial charge >= 0.3 is 5.97 Å². The number of aliphatic imine (C=N–C) groups is 1. The van der Waals surface area contributed by atoms with Gasteiger partial charge in [-0.25, -0.2) is 4.21 Å². The van der Waals surface area contributed by atoms with Crippen molar-refractivity contribution in [2.45, 2.75) is 77.7 Å². The van der Waals surface area contributed by atoms with E-state index in [1.165, 1.54) is 78.9 Å². The van der Waals surface area contributed by atoms with E-state index in [4.69, 9.17) is 143 Å². The number of nitrogens with two attached hydrogens (primary N) is 1. The highest BCUT2D eigenvalue weighted by Crippen LogP contribution is 2.39. The lowest BCUT2D eigenvalue weighted by atomic mass is 9.90. The van der Waals surface area contributed by atoms with Crippen LogP contribution in [0, 0.1) is 0 Å². The molecule has 11 aromatic rings. The molecular weight excluding hydrogens is 1870 g/mol. The summed E-state index contributed by atoms with van der Waals surface area (Å²) in [4.78, 5) is 48.2. The highest BCUT2D eigenvalue weighted by Gasteiger charge is 2.24. The number of aromatic hydroxyl groups is 8. The molecule has 1 atom stereocenters. The lowest BCUT2D eigenvalue weighted by Gasteiger charge is -2.28. The van der Waals surface area contributed by atoms with Crippen molar-refractivity contribution in [1.82, 2.24) is 10.6 Å². The molecule has 2 aliphatic heterocycles. The van der Waals surface area contributed by atoms with E-state index < -0.39 is 25.7 Å². The van der Waals surface area contributed by atoms with Crippen LogP contribution < -0.4 is 44.8 Å². The number of carboxylic acid groups (broad SMARTS) is 1. The van der Waals surface area contributed by atoms with Crippen LogP contribution in [0.3, 0.4) is 0 Å². The number of amides is 1. The molecule has 0 saturated carbocycles. The van der Waals surface area contributed by atoms with Gasteiger partial charge in [-0.2, -0.15) is 4.01 Å². The Balaban J connectivity index is 0.000000309. The minimum absolute atomic E-state index is 0. The van der Waals surface area contributed by atoms with Gasteiger partial charge in [0.05, 0.1) is 55.5 Å². The third-order valence-corrected chi connectivity index (χ3v) is 20.2. The number of halogens is 9. The fourth-order valence-corrected chi connectivity index (χ4v) is 13.6. The third-order valence-electron chi connectivity index (χ3n) is 17.8. The maximum atomic E-state index is 11.9. The number of carbonyl (C=O) groups is 4. The number of carbonyl (C=O) groups excluding carboxylic acids is 3. The highest BCUT2D eigenvalue weighted by atomic mass is 36.0. The van der Waals surface area contributed by atoms with Crippen LogP contribution >= 0.6 is 115 Å². The number of aliphatic carboxylic acids is 1. The van der Waals surface area contributed by atoms with Crippen molar-refractivity contribution < 1.29 is 116 Å². The van der Waals surface area contributed by atoms with Crippen LogP contribution in [0.1, 0.15) is 80.2 Å². The van der Waals surface area contributed by atoms with Gasteiger partial charge in [0, 0.05) is 121 Å². The summed E-state index contributed by atoms with van der Waals surface area (Å²) in [6.07, 6.45) is 4.55. The standard InChI is InChI=1S/C17H18ClNO4.C17H18ClNO3.C17H16ClNO3.C10H12O4.C9H13NO.C8H4Cl2O4S.C8H6Cl2O3.CH4.Cl2OS.H2O/c1-23-13-4-2-3-11(7-13)5-6-19-17(22)9-12-8-15(20)16(21)10-14(12)18;2*1-22-12-2-3-13-10(6-12)4-5-19-15(13)7-11-8-16(20)17(21)9-14(11)18;1-13-8-4-3-7(6-10(11)12)5-9(8)14-2;1-11-9-4-2-3-8(7-9)5-6-10;9-5-3-7-6(12-14-15-13-7)1-4(5)2-8(10)11;9-5-3-7(12)6(11)1-4(5)2-8(10)13;;1-4(2)3;/h2-4,7-8,10,20-21H,5-6,9H2,1H3,(H,19,22);2-3,6,8-9,15,19-21H,4-5,7H2,1H3;2-3,6,8-9,20-21H,4-5,7H2,1H3;3-5H,6H2,1-2H3,(H,11,12);2-4,7H,5-6,10H2,1H3;1,3H,2H2;1,3,11-12H,2H2;1H4;;1H2/p-1. The van der Waals surface area contributed by atoms with Gasteiger partial charge < -0.3 is 100 Å². The van der Waals surface area contributed by atoms with E-state index >= 15 is 0 Å². The Morgan fingerprint density at radius 1 is 0.516 bits per heavy atom. The monoisotopic (exact) mass is 1960 g/mol. The summed E-state index contributed by atoms with van der Waals surface area (Å²) in [5, 5.41) is 90.6. The van der Waals surface area contributed by atoms with E-state index in [0.29, 0.717) is 104 Å². The number of rotatable bonds is 23. The number of hydrogen-bond donors (Lipinski definition) is 12. The van der Waals surface area contributed by atoms with Gasteiger partial charge in [-0.05, 0) is 232 Å². The molecule has 0 bridgehead atoms. The maximum absolute atomic E-state index is 11.9. The first-order chi connectivity index (χ1) is 59.1. The Morgan fingerprint density at radius 2 is 0.976 bits per heavy atom. The van der Waals surface area contributed by atoms with Crippen molar-refractivity contribution >= 4 is 163 Å². The summed E-state index contributed by atoms with van der Waals surface area (Å²) in [7, 11) is 17.0. The van der Waals surface area contributed by atoms with Crippen LogP contribution in [0.5, 0.6) is 80.5 Å². The first-order valence-electron chi connectivity index (χ1n) is 36.8. The Kier molecular flexibility index (Phi) is 47.3. The summed E-state index contributed by atoms with van der Waals surface area (Å²) in [5.41, 5.74) is 17.8. The molecule has 13 rings (SSSR count). The number of benzene rings is 10. The van der Waals surface area contributed by atoms with Crippen molar-refractivity contribution in [2.75, 3.05) is 68.8 Å². The van der Waals surface area contributed by atoms with Crippen LogP contribution in [-0.4, -0.2) is 153 Å². The summed E-state index contributed by atoms with van der Waals surface area (Å²) in [6.45, 7) is 2.77. The molecule has 0 spiro atoms. The number of fused-ring (bicyclic) bond motifs is 3. The van der Waals surface area contributed by atoms with Gasteiger partial charge in [0.2, 0.25) is 31.2 Å². The zero-order valence-corrected chi connectivity index (χ0v) is 75.9. The number of phenolic OH excluding ortho intramolecular Hbond substituents is 8. The number of phenols is 8. The van der Waals surface area contributed by atoms with E-state index in [1.54, 1.807) is 58.8 Å². The fraction of sp³-hybridized carbons (Fsp3) is 0.253. The van der Waals surface area contributed by atoms with Crippen molar-refractivity contribution in [3.63, 3.8) is 0 Å². The second-order valence-electron chi connectivity index (χ2n) is 26.3. The Hall–Kier alpha value is -10.4. The van der Waals surface area contributed by atoms with E-state index in [0.717, 1.165) is 89.4 Å². The second-order valence-corrected chi connectivity index (χ2v) is 32.1. The Labute approximate surface area is 776 Å². The van der Waals surface area contributed by atoms with Gasteiger partial charge in [-0.1, -0.05) is 102 Å². The van der Waals surface area contributed by atoms with Gasteiger partial charge in [0.15, 0.2) is 63.1 Å². The molecule has 3 heterocycles. The number of hydrogen-bond acceptors (Lipinski definition) is 27. The van der Waals surface area contributed by atoms with Crippen LogP contribution in [0.25, 0.3) is 11.2 Å². The Bertz CT molecular complexity index is 5530. The number of nitrogens with one attached hydrogen (secondary N) is 2. The van der Waals surface area contributed by atoms with E-state index in [2.05, 4.69) is 59.2 Å². The quantitative estimate of drug-likeness (QED) is 0.0161. The molecule has 0 radical (unpaired) electrons. The van der Waals surface area contributed by atoms with E-state index in [1.807, 2.05) is 66.7 Å². The van der Waals surface area contributed by atoms with Crippen LogP contribution in [0.15, 0.2) is 181 Å². The summed E-state index contributed by atoms with van der Waals surface area (Å²) >= 11 is 40.9. The van der Waals surface area contributed by atoms with Gasteiger partial charge in [-0.15, -0.1) is 0 Å². The average molecular weight is 1960 g/mol. The Morgan fingerprint density at radius 3 is 1.49 bits per heavy atom. The molecule has 1 aromatic heterocycles. The predicted octanol–water partition coefficient (Wildman–Crippen LogP) is 19.1. The molecule has 2 aliphatic rings. The van der Waals surface area contributed by atoms with Crippen molar-refractivity contribution in [1.29, 1.82) is 0 Å². The molecular formula is C87H92Cl9N4O24S2-. The molecule has 0 saturated heterocycles. The largest absolute Gasteiger partial charge is 0.870 e. The molecule has 1 unspecified atom stereocenters. The van der Waals surface area contributed by atoms with Crippen LogP contribution in [0.4, 0.5) is 0 Å². The normalized spacial score (nSPS) is 11.7. The molecule has 10 aromatic carbocycles. The molecule has 1 amide bonds. The summed E-state index contributed by atoms with van der Waals surface area (Å²) < 4.78 is 54.3. The lowest BCUT2D eigenvalue weighted by molar-refractivity contribution is -0.136. The van der Waals surface area contributed by atoms with Gasteiger partial charge in [-0.3, -0.25) is 28.7 Å². The maximum Gasteiger partial charge on any atom is 0.307 e. The zero-order valence-electron chi connectivity index (χ0n) is 67.5. The van der Waals surface area contributed by atoms with E-state index in [9.17, 15) is 49.8 Å². The second kappa shape index (κ2) is 55.3. The zero-order chi connectivity index (χ0) is 91.3. The van der Waals surface area contributed by atoms with Crippen molar-refractivity contribution in [3.8, 4) is 80.5 Å². The topological polar surface area (TPSA) is 455 Å². The molecule has 680 valence electrons. The number of methoxy groups -OCH3 is 6. The molecule has 28 nitrogen and oxygen atoms in total. The molecule has 14 N–H and O–H groups in total. The first kappa shape index (κ1) is 108. The highest BCUT2D eigenvalue weighted by molar-refractivity contribution is 8.26. The van der Waals surface area contributed by atoms with Crippen molar-refractivity contribution in [2.24, 2.45) is 10.7 Å². The molecule has 126 heavy (non-hydrogen) atoms. The van der Waals surface area contributed by atoms with Crippen LogP contribution in [0.2, 0.25) is 25.1 Å². The molecule has 0 fully saturated rings. The number of nitrogens with zero attached hydrogens (tertiary/aromatic N) is 1. The van der Waals surface area contributed by atoms with Crippen LogP contribution in [-0.2, 0) is 92.6 Å². The summed E-state index contributed by atoms with van der Waals surface area (Å²) in [5.74, 6) is 1.45. The smallest absolute Gasteiger partial charge is 0.307 e. The first-order valence-corrected chi connectivity index (χ1v) is 42.9. The third kappa shape index (κ3) is 35.8.